The van der Waals surface area contributed by atoms with E-state index in [1.54, 1.807) is 0 Å². The van der Waals surface area contributed by atoms with Gasteiger partial charge < -0.3 is 15.2 Å². The van der Waals surface area contributed by atoms with E-state index in [1.807, 2.05) is 60.7 Å². The average molecular weight is 341 g/mol. The van der Waals surface area contributed by atoms with Crippen molar-refractivity contribution in [3.05, 3.63) is 71.8 Å². The monoisotopic (exact) mass is 341 g/mol. The maximum atomic E-state index is 11.9. The number of aliphatic carboxylic acids is 1. The zero-order chi connectivity index (χ0) is 17.9. The molecule has 5 heteroatoms. The van der Waals surface area contributed by atoms with Crippen LogP contribution in [0.1, 0.15) is 24.0 Å². The largest absolute Gasteiger partial charge is 0.480 e. The number of carbonyl (C=O) groups is 2. The lowest BCUT2D eigenvalue weighted by atomic mass is 10.0. The molecule has 132 valence electrons. The first-order valence-corrected chi connectivity index (χ1v) is 8.33. The summed E-state index contributed by atoms with van der Waals surface area (Å²) < 4.78 is 5.33. The normalized spacial score (nSPS) is 11.7. The number of aryl methyl sites for hydroxylation is 1. The third kappa shape index (κ3) is 7.18. The van der Waals surface area contributed by atoms with E-state index in [-0.39, 0.29) is 6.61 Å². The van der Waals surface area contributed by atoms with Crippen molar-refractivity contribution in [1.82, 2.24) is 5.32 Å². The summed E-state index contributed by atoms with van der Waals surface area (Å²) in [7, 11) is 0. The molecule has 0 unspecified atom stereocenters. The molecule has 0 bridgehead atoms. The van der Waals surface area contributed by atoms with Gasteiger partial charge in [0, 0.05) is 0 Å². The van der Waals surface area contributed by atoms with Crippen molar-refractivity contribution in [3.63, 3.8) is 0 Å². The molecule has 5 nitrogen and oxygen atoms in total. The molecule has 0 fully saturated rings. The quantitative estimate of drug-likeness (QED) is 0.697. The van der Waals surface area contributed by atoms with Crippen molar-refractivity contribution < 1.29 is 19.4 Å². The summed E-state index contributed by atoms with van der Waals surface area (Å²) in [5, 5.41) is 11.8. The van der Waals surface area contributed by atoms with Crippen molar-refractivity contribution >= 4 is 11.9 Å². The fourth-order valence-corrected chi connectivity index (χ4v) is 2.48. The topological polar surface area (TPSA) is 75.6 Å². The van der Waals surface area contributed by atoms with Gasteiger partial charge in [0.1, 0.15) is 12.6 Å². The lowest BCUT2D eigenvalue weighted by Crippen LogP contribution is -2.42. The molecule has 25 heavy (non-hydrogen) atoms. The number of carbonyl (C=O) groups excluding carboxylic acids is 1. The lowest BCUT2D eigenvalue weighted by Gasteiger charge is -2.14. The summed E-state index contributed by atoms with van der Waals surface area (Å²) in [6.07, 6.45) is 1.85. The van der Waals surface area contributed by atoms with Crippen LogP contribution in [0.5, 0.6) is 0 Å². The third-order valence-corrected chi connectivity index (χ3v) is 3.78. The summed E-state index contributed by atoms with van der Waals surface area (Å²) in [6, 6.07) is 18.5. The van der Waals surface area contributed by atoms with Crippen molar-refractivity contribution in [2.75, 3.05) is 6.61 Å². The summed E-state index contributed by atoms with van der Waals surface area (Å²) in [5.74, 6) is -1.44. The van der Waals surface area contributed by atoms with Crippen molar-refractivity contribution in [2.45, 2.75) is 31.9 Å². The first kappa shape index (κ1) is 18.7. The van der Waals surface area contributed by atoms with E-state index in [4.69, 9.17) is 4.74 Å². The van der Waals surface area contributed by atoms with Crippen LogP contribution in [-0.4, -0.2) is 29.6 Å². The molecule has 0 saturated carbocycles. The highest BCUT2D eigenvalue weighted by Crippen LogP contribution is 2.07. The highest BCUT2D eigenvalue weighted by Gasteiger charge is 2.19. The van der Waals surface area contributed by atoms with Crippen LogP contribution in [0.25, 0.3) is 0 Å². The number of rotatable bonds is 10. The number of nitrogens with one attached hydrogen (secondary N) is 1. The highest BCUT2D eigenvalue weighted by molar-refractivity contribution is 5.84. The Hall–Kier alpha value is -2.66. The summed E-state index contributed by atoms with van der Waals surface area (Å²) >= 11 is 0. The Labute approximate surface area is 147 Å². The molecule has 0 aliphatic carbocycles. The van der Waals surface area contributed by atoms with E-state index < -0.39 is 17.9 Å². The summed E-state index contributed by atoms with van der Waals surface area (Å²) in [5.41, 5.74) is 2.12. The zero-order valence-corrected chi connectivity index (χ0v) is 14.1. The van der Waals surface area contributed by atoms with E-state index in [9.17, 15) is 14.7 Å². The first-order chi connectivity index (χ1) is 12.1. The fraction of sp³-hybridized carbons (Fsp3) is 0.300. The Morgan fingerprint density at radius 2 is 1.56 bits per heavy atom. The van der Waals surface area contributed by atoms with Crippen LogP contribution < -0.4 is 5.32 Å². The van der Waals surface area contributed by atoms with Crippen LogP contribution in [0, 0.1) is 0 Å². The maximum Gasteiger partial charge on any atom is 0.326 e. The molecule has 0 aliphatic rings. The van der Waals surface area contributed by atoms with Crippen LogP contribution in [0.15, 0.2) is 60.7 Å². The van der Waals surface area contributed by atoms with Gasteiger partial charge >= 0.3 is 5.97 Å². The van der Waals surface area contributed by atoms with Crippen molar-refractivity contribution in [2.24, 2.45) is 0 Å². The van der Waals surface area contributed by atoms with Crippen molar-refractivity contribution in [1.29, 1.82) is 0 Å². The zero-order valence-electron chi connectivity index (χ0n) is 14.1. The Kier molecular flexibility index (Phi) is 7.66. The number of benzene rings is 2. The smallest absolute Gasteiger partial charge is 0.326 e. The van der Waals surface area contributed by atoms with Crippen molar-refractivity contribution in [3.8, 4) is 0 Å². The van der Waals surface area contributed by atoms with E-state index in [0.29, 0.717) is 19.4 Å². The standard InChI is InChI=1S/C20H23NO4/c22-19(15-25-14-17-10-5-2-6-11-17)21-18(20(23)24)13-7-12-16-8-3-1-4-9-16/h1-6,8-11,18H,7,12-15H2,(H,21,22)(H,23,24)/t18-/m1/s1. The Balaban J connectivity index is 1.70. The number of amides is 1. The molecule has 0 radical (unpaired) electrons. The predicted octanol–water partition coefficient (Wildman–Crippen LogP) is 2.80. The first-order valence-electron chi connectivity index (χ1n) is 8.33. The molecule has 2 N–H and O–H groups in total. The van der Waals surface area contributed by atoms with Gasteiger partial charge in [0.05, 0.1) is 6.61 Å². The van der Waals surface area contributed by atoms with Gasteiger partial charge in [-0.05, 0) is 30.4 Å². The fourth-order valence-electron chi connectivity index (χ4n) is 2.48. The molecule has 0 heterocycles. The third-order valence-electron chi connectivity index (χ3n) is 3.78. The summed E-state index contributed by atoms with van der Waals surface area (Å²) in [6.45, 7) is 0.164. The van der Waals surface area contributed by atoms with Gasteiger partial charge in [-0.2, -0.15) is 0 Å². The van der Waals surface area contributed by atoms with Gasteiger partial charge in [0.15, 0.2) is 0 Å². The minimum atomic E-state index is -1.02. The van der Waals surface area contributed by atoms with Gasteiger partial charge in [0.25, 0.3) is 0 Å². The SMILES string of the molecule is O=C(COCc1ccccc1)N[C@H](CCCc1ccccc1)C(=O)O. The van der Waals surface area contributed by atoms with Gasteiger partial charge in [0.2, 0.25) is 5.91 Å². The number of carboxylic acid groups (broad SMARTS) is 1. The molecule has 0 spiro atoms. The maximum absolute atomic E-state index is 11.9. The molecule has 1 atom stereocenters. The van der Waals surface area contributed by atoms with E-state index in [0.717, 1.165) is 17.5 Å². The van der Waals surface area contributed by atoms with Crippen LogP contribution in [0.2, 0.25) is 0 Å². The van der Waals surface area contributed by atoms with Gasteiger partial charge in [-0.25, -0.2) is 4.79 Å². The lowest BCUT2D eigenvalue weighted by molar-refractivity contribution is -0.142. The van der Waals surface area contributed by atoms with E-state index in [2.05, 4.69) is 5.32 Å². The number of hydrogen-bond acceptors (Lipinski definition) is 3. The van der Waals surface area contributed by atoms with Crippen LogP contribution >= 0.6 is 0 Å². The molecule has 0 aromatic heterocycles. The second-order valence-corrected chi connectivity index (χ2v) is 5.81. The second-order valence-electron chi connectivity index (χ2n) is 5.81. The van der Waals surface area contributed by atoms with Crippen LogP contribution in [0.3, 0.4) is 0 Å². The number of hydrogen-bond donors (Lipinski definition) is 2. The molecule has 2 aromatic rings. The molecule has 0 aliphatic heterocycles. The minimum Gasteiger partial charge on any atom is -0.480 e. The summed E-state index contributed by atoms with van der Waals surface area (Å²) in [4.78, 5) is 23.2. The van der Waals surface area contributed by atoms with E-state index >= 15 is 0 Å². The molecular formula is C20H23NO4. The number of carboxylic acids is 1. The van der Waals surface area contributed by atoms with Gasteiger partial charge in [-0.1, -0.05) is 60.7 Å². The van der Waals surface area contributed by atoms with Crippen LogP contribution in [-0.2, 0) is 27.4 Å². The molecule has 2 rings (SSSR count). The molecule has 1 amide bonds. The Morgan fingerprint density at radius 3 is 2.16 bits per heavy atom. The molecular weight excluding hydrogens is 318 g/mol. The molecule has 0 saturated heterocycles. The highest BCUT2D eigenvalue weighted by atomic mass is 16.5. The van der Waals surface area contributed by atoms with E-state index in [1.165, 1.54) is 0 Å². The average Bonchev–Trinajstić information content (AvgIpc) is 2.62. The van der Waals surface area contributed by atoms with Crippen LogP contribution in [0.4, 0.5) is 0 Å². The number of ether oxygens (including phenoxy) is 1. The predicted molar refractivity (Wildman–Crippen MR) is 95.0 cm³/mol. The second kappa shape index (κ2) is 10.3. The van der Waals surface area contributed by atoms with Gasteiger partial charge in [-0.15, -0.1) is 0 Å². The Bertz CT molecular complexity index is 658. The Morgan fingerprint density at radius 1 is 0.960 bits per heavy atom. The minimum absolute atomic E-state index is 0.155. The van der Waals surface area contributed by atoms with Gasteiger partial charge in [-0.3, -0.25) is 4.79 Å². The molecule has 2 aromatic carbocycles.